The number of esters is 2. The van der Waals surface area contributed by atoms with Crippen LogP contribution in [0.5, 0.6) is 5.75 Å². The highest BCUT2D eigenvalue weighted by Crippen LogP contribution is 2.28. The number of ether oxygens (including phenoxy) is 2. The predicted molar refractivity (Wildman–Crippen MR) is 77.2 cm³/mol. The van der Waals surface area contributed by atoms with Crippen molar-refractivity contribution >= 4 is 35.1 Å². The lowest BCUT2D eigenvalue weighted by molar-refractivity contribution is -0.144. The summed E-state index contributed by atoms with van der Waals surface area (Å²) in [4.78, 5) is 22.8. The van der Waals surface area contributed by atoms with Gasteiger partial charge in [-0.2, -0.15) is 0 Å². The fourth-order valence-corrected chi connectivity index (χ4v) is 1.71. The van der Waals surface area contributed by atoms with Crippen molar-refractivity contribution in [2.75, 3.05) is 6.61 Å². The Morgan fingerprint density at radius 2 is 1.85 bits per heavy atom. The molecule has 0 aliphatic rings. The molecule has 110 valence electrons. The Balaban J connectivity index is 2.33. The average molecular weight is 319 g/mol. The van der Waals surface area contributed by atoms with Gasteiger partial charge in [-0.3, -0.25) is 9.59 Å². The van der Waals surface area contributed by atoms with E-state index in [1.165, 1.54) is 6.07 Å². The van der Waals surface area contributed by atoms with E-state index < -0.39 is 5.97 Å². The van der Waals surface area contributed by atoms with E-state index in [9.17, 15) is 9.59 Å². The van der Waals surface area contributed by atoms with Gasteiger partial charge in [0.25, 0.3) is 0 Å². The third kappa shape index (κ3) is 6.26. The second-order valence-electron chi connectivity index (χ2n) is 4.12. The number of carbonyl (C=O) groups excluding carboxylic acids is 2. The fraction of sp³-hybridized carbons (Fsp3) is 0.429. The normalized spacial score (nSPS) is 10.2. The second kappa shape index (κ2) is 8.82. The summed E-state index contributed by atoms with van der Waals surface area (Å²) in [5.74, 6) is -0.546. The van der Waals surface area contributed by atoms with Crippen LogP contribution in [-0.4, -0.2) is 18.5 Å². The van der Waals surface area contributed by atoms with Gasteiger partial charge in [-0.25, -0.2) is 0 Å². The van der Waals surface area contributed by atoms with Gasteiger partial charge in [0.15, 0.2) is 5.75 Å². The van der Waals surface area contributed by atoms with Crippen LogP contribution in [0.25, 0.3) is 0 Å². The standard InChI is InChI=1S/C14H16Cl2O4/c1-2-8-19-13(17)4-3-5-14(18)20-12-9-10(15)6-7-11(12)16/h6-7,9H,2-5,8H2,1H3. The minimum atomic E-state index is -0.461. The van der Waals surface area contributed by atoms with Gasteiger partial charge in [0, 0.05) is 23.9 Å². The number of benzene rings is 1. The molecule has 0 N–H and O–H groups in total. The molecular formula is C14H16Cl2O4. The highest BCUT2D eigenvalue weighted by Gasteiger charge is 2.10. The molecule has 0 aliphatic carbocycles. The molecule has 1 aromatic carbocycles. The van der Waals surface area contributed by atoms with E-state index in [1.54, 1.807) is 12.1 Å². The molecule has 20 heavy (non-hydrogen) atoms. The van der Waals surface area contributed by atoms with Gasteiger partial charge < -0.3 is 9.47 Å². The highest BCUT2D eigenvalue weighted by atomic mass is 35.5. The number of carbonyl (C=O) groups is 2. The van der Waals surface area contributed by atoms with Crippen LogP contribution in [0.2, 0.25) is 10.0 Å². The van der Waals surface area contributed by atoms with E-state index in [0.29, 0.717) is 23.1 Å². The van der Waals surface area contributed by atoms with Gasteiger partial charge in [-0.1, -0.05) is 30.1 Å². The second-order valence-corrected chi connectivity index (χ2v) is 4.97. The van der Waals surface area contributed by atoms with Crippen LogP contribution in [-0.2, 0) is 14.3 Å². The summed E-state index contributed by atoms with van der Waals surface area (Å²) in [6, 6.07) is 4.62. The topological polar surface area (TPSA) is 52.6 Å². The van der Waals surface area contributed by atoms with Gasteiger partial charge in [-0.05, 0) is 25.0 Å². The first-order valence-electron chi connectivity index (χ1n) is 6.34. The first-order valence-corrected chi connectivity index (χ1v) is 7.10. The molecule has 0 fully saturated rings. The SMILES string of the molecule is CCCOC(=O)CCCC(=O)Oc1cc(Cl)ccc1Cl. The van der Waals surface area contributed by atoms with Crippen LogP contribution in [0.1, 0.15) is 32.6 Å². The minimum absolute atomic E-state index is 0.115. The molecule has 0 spiro atoms. The third-order valence-electron chi connectivity index (χ3n) is 2.35. The molecule has 0 amide bonds. The molecular weight excluding hydrogens is 303 g/mol. The first kappa shape index (κ1) is 16.8. The Morgan fingerprint density at radius 3 is 2.55 bits per heavy atom. The summed E-state index contributed by atoms with van der Waals surface area (Å²) >= 11 is 11.7. The van der Waals surface area contributed by atoms with E-state index in [1.807, 2.05) is 6.92 Å². The van der Waals surface area contributed by atoms with Crippen LogP contribution in [0, 0.1) is 0 Å². The fourth-order valence-electron chi connectivity index (χ4n) is 1.39. The minimum Gasteiger partial charge on any atom is -0.466 e. The van der Waals surface area contributed by atoms with E-state index >= 15 is 0 Å². The van der Waals surface area contributed by atoms with Crippen LogP contribution >= 0.6 is 23.2 Å². The predicted octanol–water partition coefficient (Wildman–Crippen LogP) is 4.02. The van der Waals surface area contributed by atoms with Gasteiger partial charge in [0.1, 0.15) is 0 Å². The maximum atomic E-state index is 11.6. The number of hydrogen-bond donors (Lipinski definition) is 0. The Morgan fingerprint density at radius 1 is 1.15 bits per heavy atom. The quantitative estimate of drug-likeness (QED) is 0.562. The Kier molecular flexibility index (Phi) is 7.41. The van der Waals surface area contributed by atoms with Crippen molar-refractivity contribution in [2.45, 2.75) is 32.6 Å². The van der Waals surface area contributed by atoms with Crippen LogP contribution in [0.3, 0.4) is 0 Å². The van der Waals surface area contributed by atoms with Gasteiger partial charge in [0.05, 0.1) is 11.6 Å². The van der Waals surface area contributed by atoms with E-state index in [-0.39, 0.29) is 24.6 Å². The van der Waals surface area contributed by atoms with Crippen molar-refractivity contribution in [2.24, 2.45) is 0 Å². The Bertz CT molecular complexity index is 474. The van der Waals surface area contributed by atoms with Crippen molar-refractivity contribution < 1.29 is 19.1 Å². The summed E-state index contributed by atoms with van der Waals surface area (Å²) in [6.07, 6.45) is 1.46. The third-order valence-corrected chi connectivity index (χ3v) is 2.89. The van der Waals surface area contributed by atoms with E-state index in [2.05, 4.69) is 0 Å². The summed E-state index contributed by atoms with van der Waals surface area (Å²) in [5.41, 5.74) is 0. The maximum Gasteiger partial charge on any atom is 0.311 e. The molecule has 0 unspecified atom stereocenters. The van der Waals surface area contributed by atoms with Crippen molar-refractivity contribution in [3.05, 3.63) is 28.2 Å². The summed E-state index contributed by atoms with van der Waals surface area (Å²) < 4.78 is 9.98. The number of halogens is 2. The zero-order valence-electron chi connectivity index (χ0n) is 11.2. The van der Waals surface area contributed by atoms with Gasteiger partial charge in [-0.15, -0.1) is 0 Å². The zero-order valence-corrected chi connectivity index (χ0v) is 12.7. The molecule has 0 bridgehead atoms. The highest BCUT2D eigenvalue weighted by molar-refractivity contribution is 6.34. The molecule has 0 saturated heterocycles. The Hall–Kier alpha value is -1.26. The maximum absolute atomic E-state index is 11.6. The van der Waals surface area contributed by atoms with Crippen molar-refractivity contribution in [3.63, 3.8) is 0 Å². The lowest BCUT2D eigenvalue weighted by Gasteiger charge is -2.06. The number of rotatable bonds is 7. The van der Waals surface area contributed by atoms with E-state index in [4.69, 9.17) is 32.7 Å². The monoisotopic (exact) mass is 318 g/mol. The summed E-state index contributed by atoms with van der Waals surface area (Å²) in [5, 5.41) is 0.741. The van der Waals surface area contributed by atoms with Crippen molar-refractivity contribution in [3.8, 4) is 5.75 Å². The number of hydrogen-bond acceptors (Lipinski definition) is 4. The molecule has 0 atom stereocenters. The van der Waals surface area contributed by atoms with Crippen molar-refractivity contribution in [1.82, 2.24) is 0 Å². The summed E-state index contributed by atoms with van der Waals surface area (Å²) in [6.45, 7) is 2.32. The first-order chi connectivity index (χ1) is 9.52. The van der Waals surface area contributed by atoms with Crippen molar-refractivity contribution in [1.29, 1.82) is 0 Å². The molecule has 1 rings (SSSR count). The summed E-state index contributed by atoms with van der Waals surface area (Å²) in [7, 11) is 0. The lowest BCUT2D eigenvalue weighted by Crippen LogP contribution is -2.10. The molecule has 0 saturated carbocycles. The van der Waals surface area contributed by atoms with Crippen LogP contribution in [0.4, 0.5) is 0 Å². The lowest BCUT2D eigenvalue weighted by atomic mass is 10.2. The molecule has 1 aromatic rings. The molecule has 0 aliphatic heterocycles. The zero-order chi connectivity index (χ0) is 15.0. The molecule has 0 heterocycles. The molecule has 0 radical (unpaired) electrons. The van der Waals surface area contributed by atoms with Gasteiger partial charge in [0.2, 0.25) is 0 Å². The van der Waals surface area contributed by atoms with Crippen LogP contribution in [0.15, 0.2) is 18.2 Å². The largest absolute Gasteiger partial charge is 0.466 e. The Labute approximate surface area is 128 Å². The van der Waals surface area contributed by atoms with Crippen LogP contribution < -0.4 is 4.74 Å². The smallest absolute Gasteiger partial charge is 0.311 e. The molecule has 4 nitrogen and oxygen atoms in total. The molecule has 0 aromatic heterocycles. The average Bonchev–Trinajstić information content (AvgIpc) is 2.40. The van der Waals surface area contributed by atoms with Gasteiger partial charge >= 0.3 is 11.9 Å². The molecule has 6 heteroatoms. The van der Waals surface area contributed by atoms with E-state index in [0.717, 1.165) is 6.42 Å².